The summed E-state index contributed by atoms with van der Waals surface area (Å²) in [4.78, 5) is 12.2. The van der Waals surface area contributed by atoms with E-state index >= 15 is 0 Å². The van der Waals surface area contributed by atoms with E-state index in [2.05, 4.69) is 5.32 Å². The molecule has 2 aromatic rings. The van der Waals surface area contributed by atoms with Crippen molar-refractivity contribution in [1.82, 2.24) is 9.62 Å². The summed E-state index contributed by atoms with van der Waals surface area (Å²) in [5, 5.41) is 3.40. The molecular formula is C19H23ClN2O3S. The minimum atomic E-state index is -3.48. The normalized spacial score (nSPS) is 11.5. The van der Waals surface area contributed by atoms with E-state index in [1.54, 1.807) is 12.1 Å². The first kappa shape index (κ1) is 20.4. The molecular weight excluding hydrogens is 372 g/mol. The van der Waals surface area contributed by atoms with Crippen LogP contribution in [0.25, 0.3) is 0 Å². The summed E-state index contributed by atoms with van der Waals surface area (Å²) in [6, 6.07) is 15.0. The van der Waals surface area contributed by atoms with Crippen LogP contribution >= 0.6 is 11.6 Å². The number of aryl methyl sites for hydroxylation is 1. The van der Waals surface area contributed by atoms with Gasteiger partial charge in [-0.2, -0.15) is 4.31 Å². The molecule has 2 rings (SSSR count). The third kappa shape index (κ3) is 6.78. The predicted molar refractivity (Wildman–Crippen MR) is 105 cm³/mol. The third-order valence-electron chi connectivity index (χ3n) is 3.92. The summed E-state index contributed by atoms with van der Waals surface area (Å²) in [5.41, 5.74) is 3.05. The van der Waals surface area contributed by atoms with E-state index in [-0.39, 0.29) is 19.0 Å². The molecule has 0 unspecified atom stereocenters. The molecule has 0 atom stereocenters. The number of hydrogen-bond acceptors (Lipinski definition) is 3. The topological polar surface area (TPSA) is 66.5 Å². The van der Waals surface area contributed by atoms with E-state index in [1.807, 2.05) is 43.3 Å². The standard InChI is InChI=1S/C19H23ClN2O3S/c1-15-4-3-5-17(12-15)13-21-19(23)14-22(26(2,24)25)11-10-16-6-8-18(20)9-7-16/h3-9,12H,10-11,13-14H2,1-2H3,(H,21,23). The highest BCUT2D eigenvalue weighted by atomic mass is 35.5. The van der Waals surface area contributed by atoms with Crippen molar-refractivity contribution in [3.8, 4) is 0 Å². The number of hydrogen-bond donors (Lipinski definition) is 1. The number of rotatable bonds is 8. The van der Waals surface area contributed by atoms with Crippen LogP contribution in [-0.4, -0.2) is 38.0 Å². The van der Waals surface area contributed by atoms with Crippen LogP contribution in [0.3, 0.4) is 0 Å². The quantitative estimate of drug-likeness (QED) is 0.748. The average Bonchev–Trinajstić information content (AvgIpc) is 2.57. The van der Waals surface area contributed by atoms with Crippen molar-refractivity contribution in [2.24, 2.45) is 0 Å². The van der Waals surface area contributed by atoms with Gasteiger partial charge in [0.1, 0.15) is 0 Å². The Labute approximate surface area is 160 Å². The van der Waals surface area contributed by atoms with Gasteiger partial charge in [0.15, 0.2) is 0 Å². The molecule has 0 heterocycles. The van der Waals surface area contributed by atoms with Crippen LogP contribution < -0.4 is 5.32 Å². The van der Waals surface area contributed by atoms with Gasteiger partial charge < -0.3 is 5.32 Å². The molecule has 0 aliphatic heterocycles. The molecule has 0 aromatic heterocycles. The second kappa shape index (κ2) is 9.16. The van der Waals surface area contributed by atoms with Gasteiger partial charge in [0.2, 0.25) is 15.9 Å². The number of nitrogens with zero attached hydrogens (tertiary/aromatic N) is 1. The van der Waals surface area contributed by atoms with Crippen LogP contribution in [0.15, 0.2) is 48.5 Å². The predicted octanol–water partition coefficient (Wildman–Crippen LogP) is 2.77. The van der Waals surface area contributed by atoms with E-state index in [0.29, 0.717) is 18.0 Å². The Hall–Kier alpha value is -1.89. The molecule has 1 N–H and O–H groups in total. The van der Waals surface area contributed by atoms with Crippen LogP contribution in [0.4, 0.5) is 0 Å². The first-order chi connectivity index (χ1) is 12.2. The van der Waals surface area contributed by atoms with Crippen LogP contribution in [0.2, 0.25) is 5.02 Å². The SMILES string of the molecule is Cc1cccc(CNC(=O)CN(CCc2ccc(Cl)cc2)S(C)(=O)=O)c1. The van der Waals surface area contributed by atoms with Crippen molar-refractivity contribution in [3.63, 3.8) is 0 Å². The van der Waals surface area contributed by atoms with E-state index in [1.165, 1.54) is 4.31 Å². The summed E-state index contributed by atoms with van der Waals surface area (Å²) in [7, 11) is -3.48. The zero-order valence-electron chi connectivity index (χ0n) is 14.9. The number of halogens is 1. The highest BCUT2D eigenvalue weighted by molar-refractivity contribution is 7.88. The zero-order chi connectivity index (χ0) is 19.2. The number of amides is 1. The van der Waals surface area contributed by atoms with Crippen molar-refractivity contribution in [2.45, 2.75) is 19.9 Å². The summed E-state index contributed by atoms with van der Waals surface area (Å²) in [6.07, 6.45) is 1.62. The monoisotopic (exact) mass is 394 g/mol. The number of nitrogens with one attached hydrogen (secondary N) is 1. The van der Waals surface area contributed by atoms with Gasteiger partial charge in [-0.05, 0) is 36.6 Å². The maximum absolute atomic E-state index is 12.2. The van der Waals surface area contributed by atoms with E-state index in [9.17, 15) is 13.2 Å². The number of carbonyl (C=O) groups excluding carboxylic acids is 1. The molecule has 0 spiro atoms. The van der Waals surface area contributed by atoms with Gasteiger partial charge in [-0.1, -0.05) is 53.6 Å². The summed E-state index contributed by atoms with van der Waals surface area (Å²) >= 11 is 5.85. The fraction of sp³-hybridized carbons (Fsp3) is 0.316. The molecule has 0 aliphatic rings. The maximum atomic E-state index is 12.2. The number of benzene rings is 2. The molecule has 0 bridgehead atoms. The minimum absolute atomic E-state index is 0.196. The smallest absolute Gasteiger partial charge is 0.235 e. The van der Waals surface area contributed by atoms with Crippen LogP contribution in [-0.2, 0) is 27.8 Å². The van der Waals surface area contributed by atoms with E-state index < -0.39 is 10.0 Å². The highest BCUT2D eigenvalue weighted by Gasteiger charge is 2.19. The van der Waals surface area contributed by atoms with Crippen LogP contribution in [0.1, 0.15) is 16.7 Å². The van der Waals surface area contributed by atoms with Gasteiger partial charge in [0.05, 0.1) is 12.8 Å². The summed E-state index contributed by atoms with van der Waals surface area (Å²) < 4.78 is 25.2. The van der Waals surface area contributed by atoms with Crippen molar-refractivity contribution >= 4 is 27.5 Å². The van der Waals surface area contributed by atoms with Crippen LogP contribution in [0, 0.1) is 6.92 Å². The molecule has 0 saturated heterocycles. The Bertz CT molecular complexity index is 851. The van der Waals surface area contributed by atoms with Gasteiger partial charge in [-0.25, -0.2) is 8.42 Å². The molecule has 1 amide bonds. The van der Waals surface area contributed by atoms with Crippen molar-refractivity contribution in [1.29, 1.82) is 0 Å². The molecule has 0 saturated carbocycles. The van der Waals surface area contributed by atoms with Gasteiger partial charge in [0.25, 0.3) is 0 Å². The van der Waals surface area contributed by atoms with Crippen molar-refractivity contribution in [2.75, 3.05) is 19.3 Å². The van der Waals surface area contributed by atoms with Crippen molar-refractivity contribution < 1.29 is 13.2 Å². The van der Waals surface area contributed by atoms with Crippen LogP contribution in [0.5, 0.6) is 0 Å². The Kier molecular flexibility index (Phi) is 7.20. The first-order valence-electron chi connectivity index (χ1n) is 8.26. The van der Waals surface area contributed by atoms with E-state index in [0.717, 1.165) is 22.9 Å². The lowest BCUT2D eigenvalue weighted by Gasteiger charge is -2.19. The summed E-state index contributed by atoms with van der Waals surface area (Å²) in [6.45, 7) is 2.39. The fourth-order valence-electron chi connectivity index (χ4n) is 2.51. The number of carbonyl (C=O) groups is 1. The molecule has 26 heavy (non-hydrogen) atoms. The molecule has 2 aromatic carbocycles. The highest BCUT2D eigenvalue weighted by Crippen LogP contribution is 2.11. The lowest BCUT2D eigenvalue weighted by molar-refractivity contribution is -0.121. The van der Waals surface area contributed by atoms with E-state index in [4.69, 9.17) is 11.6 Å². The van der Waals surface area contributed by atoms with Gasteiger partial charge in [0, 0.05) is 18.1 Å². The largest absolute Gasteiger partial charge is 0.351 e. The lowest BCUT2D eigenvalue weighted by Crippen LogP contribution is -2.41. The summed E-state index contributed by atoms with van der Waals surface area (Å²) in [5.74, 6) is -0.326. The Morgan fingerprint density at radius 1 is 1.12 bits per heavy atom. The van der Waals surface area contributed by atoms with Gasteiger partial charge in [-0.15, -0.1) is 0 Å². The molecule has 5 nitrogen and oxygen atoms in total. The molecule has 0 fully saturated rings. The second-order valence-electron chi connectivity index (χ2n) is 6.24. The van der Waals surface area contributed by atoms with Crippen molar-refractivity contribution in [3.05, 3.63) is 70.2 Å². The first-order valence-corrected chi connectivity index (χ1v) is 10.5. The van der Waals surface area contributed by atoms with Gasteiger partial charge >= 0.3 is 0 Å². The zero-order valence-corrected chi connectivity index (χ0v) is 16.5. The minimum Gasteiger partial charge on any atom is -0.351 e. The lowest BCUT2D eigenvalue weighted by atomic mass is 10.1. The Balaban J connectivity index is 1.92. The molecule has 140 valence electrons. The molecule has 0 aliphatic carbocycles. The molecule has 0 radical (unpaired) electrons. The van der Waals surface area contributed by atoms with Gasteiger partial charge in [-0.3, -0.25) is 4.79 Å². The fourth-order valence-corrected chi connectivity index (χ4v) is 3.41. The maximum Gasteiger partial charge on any atom is 0.235 e. The second-order valence-corrected chi connectivity index (χ2v) is 8.66. The number of sulfonamides is 1. The Morgan fingerprint density at radius 3 is 2.42 bits per heavy atom. The molecule has 7 heteroatoms. The Morgan fingerprint density at radius 2 is 1.81 bits per heavy atom. The average molecular weight is 395 g/mol. The third-order valence-corrected chi connectivity index (χ3v) is 5.43.